The van der Waals surface area contributed by atoms with Gasteiger partial charge < -0.3 is 19.1 Å². The van der Waals surface area contributed by atoms with Crippen LogP contribution >= 0.6 is 0 Å². The van der Waals surface area contributed by atoms with Crippen LogP contribution in [0.1, 0.15) is 58.9 Å². The van der Waals surface area contributed by atoms with E-state index in [-0.39, 0.29) is 12.5 Å². The van der Waals surface area contributed by atoms with E-state index in [1.165, 1.54) is 0 Å². The summed E-state index contributed by atoms with van der Waals surface area (Å²) in [6.45, 7) is 20.3. The van der Waals surface area contributed by atoms with E-state index in [2.05, 4.69) is 55.3 Å². The van der Waals surface area contributed by atoms with Crippen LogP contribution in [0.25, 0.3) is 5.65 Å². The highest BCUT2D eigenvalue weighted by Gasteiger charge is 2.27. The predicted octanol–water partition coefficient (Wildman–Crippen LogP) is 6.70. The number of hydrogen-bond acceptors (Lipinski definition) is 7. The van der Waals surface area contributed by atoms with Crippen molar-refractivity contribution in [3.63, 3.8) is 0 Å². The Morgan fingerprint density at radius 3 is 2.21 bits per heavy atom. The monoisotopic (exact) mass is 578 g/mol. The van der Waals surface area contributed by atoms with E-state index in [0.717, 1.165) is 34.8 Å². The molecule has 8 nitrogen and oxygen atoms in total. The van der Waals surface area contributed by atoms with Gasteiger partial charge in [0.25, 0.3) is 0 Å². The molecule has 0 aromatic carbocycles. The molecular weight excluding hydrogens is 525 g/mol. The summed E-state index contributed by atoms with van der Waals surface area (Å²) in [5.41, 5.74) is 2.75. The average Bonchev–Trinajstić information content (AvgIpc) is 3.26. The molecule has 0 saturated heterocycles. The Labute approximate surface area is 240 Å². The Morgan fingerprint density at radius 1 is 1.08 bits per heavy atom. The van der Waals surface area contributed by atoms with Crippen molar-refractivity contribution in [1.29, 1.82) is 0 Å². The topological polar surface area (TPSA) is 78.2 Å². The summed E-state index contributed by atoms with van der Waals surface area (Å²) in [5.74, 6) is -0.727. The number of anilines is 1. The lowest BCUT2D eigenvalue weighted by Gasteiger charge is -2.30. The van der Waals surface area contributed by atoms with Crippen LogP contribution in [0.3, 0.4) is 0 Å². The van der Waals surface area contributed by atoms with E-state index in [9.17, 15) is 4.79 Å². The second kappa shape index (κ2) is 14.2. The maximum atomic E-state index is 12.2. The molecule has 220 valence electrons. The van der Waals surface area contributed by atoms with E-state index in [4.69, 9.17) is 21.9 Å². The number of nitrogens with zero attached hydrogens (tertiary/aromatic N) is 4. The van der Waals surface area contributed by atoms with Crippen molar-refractivity contribution in [2.45, 2.75) is 103 Å². The van der Waals surface area contributed by atoms with Crippen LogP contribution in [0.15, 0.2) is 12.3 Å². The second-order valence-corrected chi connectivity index (χ2v) is 24.4. The number of ether oxygens (including phenoxy) is 3. The molecule has 1 unspecified atom stereocenters. The van der Waals surface area contributed by atoms with Gasteiger partial charge in [0.2, 0.25) is 0 Å². The number of rotatable bonds is 15. The van der Waals surface area contributed by atoms with Crippen LogP contribution in [-0.4, -0.2) is 70.0 Å². The summed E-state index contributed by atoms with van der Waals surface area (Å²) >= 11 is 0. The molecule has 2 aromatic heterocycles. The third-order valence-corrected chi connectivity index (χ3v) is 10.5. The number of carbonyl (C=O) groups excluding carboxylic acids is 1. The highest BCUT2D eigenvalue weighted by molar-refractivity contribution is 6.76. The molecule has 1 atom stereocenters. The molecule has 0 amide bonds. The number of carbonyl (C=O) groups is 1. The average molecular weight is 579 g/mol. The van der Waals surface area contributed by atoms with Crippen molar-refractivity contribution in [2.24, 2.45) is 5.89 Å². The molecule has 2 aromatic rings. The largest absolute Gasteiger partial charge is 0.466 e. The van der Waals surface area contributed by atoms with Crippen molar-refractivity contribution in [3.8, 4) is 0 Å². The van der Waals surface area contributed by atoms with Crippen molar-refractivity contribution in [1.82, 2.24) is 14.6 Å². The van der Waals surface area contributed by atoms with Gasteiger partial charge in [0.1, 0.15) is 19.3 Å². The lowest BCUT2D eigenvalue weighted by molar-refractivity contribution is -0.144. The highest BCUT2D eigenvalue weighted by atomic mass is 28.3. The number of esters is 1. The van der Waals surface area contributed by atoms with Gasteiger partial charge >= 0.3 is 5.97 Å². The van der Waals surface area contributed by atoms with E-state index in [0.29, 0.717) is 52.4 Å². The van der Waals surface area contributed by atoms with Gasteiger partial charge in [-0.05, 0) is 57.5 Å². The molecule has 10 heteroatoms. The Balaban J connectivity index is 1.84. The Bertz CT molecular complexity index is 1120. The summed E-state index contributed by atoms with van der Waals surface area (Å²) in [6, 6.07) is 4.28. The zero-order valence-electron chi connectivity index (χ0n) is 27.5. The van der Waals surface area contributed by atoms with Crippen LogP contribution in [0.5, 0.6) is 0 Å². The van der Waals surface area contributed by atoms with Crippen LogP contribution in [0.2, 0.25) is 51.4 Å². The van der Waals surface area contributed by atoms with Crippen molar-refractivity contribution < 1.29 is 21.7 Å². The van der Waals surface area contributed by atoms with E-state index in [1.807, 2.05) is 17.6 Å². The quantitative estimate of drug-likeness (QED) is 0.101. The minimum absolute atomic E-state index is 0.128. The molecule has 2 heterocycles. The zero-order valence-corrected chi connectivity index (χ0v) is 27.5. The summed E-state index contributed by atoms with van der Waals surface area (Å²) in [4.78, 5) is 19.4. The van der Waals surface area contributed by atoms with Crippen LogP contribution < -0.4 is 4.90 Å². The molecular formula is C29H52N4O4Si2. The molecule has 0 bridgehead atoms. The van der Waals surface area contributed by atoms with E-state index >= 15 is 0 Å². The predicted molar refractivity (Wildman–Crippen MR) is 164 cm³/mol. The SMILES string of the molecule is [2H]C(C(=O)OCC)C1([2H])CCC(c2cc(N(COCC[Si](C)(C)C)COCC[Si](C)(C)C)n3ncc(C)c3n2)CC1. The van der Waals surface area contributed by atoms with E-state index < -0.39 is 34.4 Å². The summed E-state index contributed by atoms with van der Waals surface area (Å²) in [6.07, 6.45) is 2.93. The zero-order chi connectivity index (χ0) is 30.4. The molecule has 0 spiro atoms. The summed E-state index contributed by atoms with van der Waals surface area (Å²) in [7, 11) is -2.44. The number of aromatic nitrogens is 3. The Hall–Kier alpha value is -1.76. The molecule has 3 rings (SSSR count). The maximum absolute atomic E-state index is 12.2. The maximum Gasteiger partial charge on any atom is 0.306 e. The first-order chi connectivity index (χ1) is 19.1. The first-order valence-corrected chi connectivity index (χ1v) is 21.9. The van der Waals surface area contributed by atoms with Gasteiger partial charge in [-0.1, -0.05) is 39.3 Å². The lowest BCUT2D eigenvalue weighted by Crippen LogP contribution is -2.33. The van der Waals surface area contributed by atoms with Gasteiger partial charge in [-0.15, -0.1) is 0 Å². The van der Waals surface area contributed by atoms with Crippen molar-refractivity contribution >= 4 is 33.6 Å². The van der Waals surface area contributed by atoms with Gasteiger partial charge in [-0.25, -0.2) is 4.98 Å². The lowest BCUT2D eigenvalue weighted by atomic mass is 9.79. The standard InChI is InChI=1S/C29H52N4O4Si2/c1-9-37-28(34)18-24-10-12-25(13-11-24)26-19-27(33-29(31-26)23(2)20-30-33)32(21-35-14-16-38(3,4)5)22-36-15-17-39(6,7)8/h19-20,24-25H,9-18,21-22H2,1-8H3/i18D,24D. The first-order valence-electron chi connectivity index (χ1n) is 15.6. The molecule has 1 saturated carbocycles. The number of fused-ring (bicyclic) bond motifs is 1. The molecule has 0 aliphatic heterocycles. The fourth-order valence-electron chi connectivity index (χ4n) is 4.56. The molecule has 0 radical (unpaired) electrons. The normalized spacial score (nSPS) is 21.9. The van der Waals surface area contributed by atoms with Gasteiger partial charge in [0.05, 0.1) is 12.8 Å². The minimum Gasteiger partial charge on any atom is -0.466 e. The van der Waals surface area contributed by atoms with Crippen LogP contribution in [0, 0.1) is 12.8 Å². The van der Waals surface area contributed by atoms with Gasteiger partial charge in [-0.2, -0.15) is 9.61 Å². The Kier molecular flexibility index (Phi) is 10.5. The number of hydrogen-bond donors (Lipinski definition) is 0. The number of aryl methyl sites for hydroxylation is 1. The second-order valence-electron chi connectivity index (χ2n) is 13.2. The smallest absolute Gasteiger partial charge is 0.306 e. The third-order valence-electron chi connectivity index (χ3n) is 7.11. The fourth-order valence-corrected chi connectivity index (χ4v) is 6.08. The highest BCUT2D eigenvalue weighted by Crippen LogP contribution is 2.38. The van der Waals surface area contributed by atoms with Gasteiger partial charge in [0.15, 0.2) is 5.65 Å². The van der Waals surface area contributed by atoms with Crippen LogP contribution in [0.4, 0.5) is 5.82 Å². The van der Waals surface area contributed by atoms with Gasteiger partial charge in [-0.3, -0.25) is 4.79 Å². The molecule has 1 aliphatic rings. The Morgan fingerprint density at radius 2 is 1.67 bits per heavy atom. The van der Waals surface area contributed by atoms with Crippen LogP contribution in [-0.2, 0) is 19.0 Å². The van der Waals surface area contributed by atoms with E-state index in [1.54, 1.807) is 6.92 Å². The molecule has 0 N–H and O–H groups in total. The first kappa shape index (κ1) is 28.8. The molecule has 39 heavy (non-hydrogen) atoms. The summed E-state index contributed by atoms with van der Waals surface area (Å²) in [5, 5.41) is 4.65. The van der Waals surface area contributed by atoms with Crippen molar-refractivity contribution in [3.05, 3.63) is 23.5 Å². The van der Waals surface area contributed by atoms with Gasteiger partial charge in [0, 0.05) is 61.7 Å². The summed E-state index contributed by atoms with van der Waals surface area (Å²) < 4.78 is 36.6. The fraction of sp³-hybridized carbons (Fsp3) is 0.759. The van der Waals surface area contributed by atoms with Crippen molar-refractivity contribution in [2.75, 3.05) is 38.2 Å². The minimum atomic E-state index is -1.22. The molecule has 1 aliphatic carbocycles. The third kappa shape index (κ3) is 10.3. The molecule has 1 fully saturated rings.